The van der Waals surface area contributed by atoms with E-state index >= 15 is 0 Å². The van der Waals surface area contributed by atoms with Gasteiger partial charge in [-0.05, 0) is 55.5 Å². The fourth-order valence-corrected chi connectivity index (χ4v) is 4.39. The molecule has 3 aromatic carbocycles. The van der Waals surface area contributed by atoms with Crippen LogP contribution in [0.4, 0.5) is 11.4 Å². The Bertz CT molecular complexity index is 1140. The zero-order valence-corrected chi connectivity index (χ0v) is 18.0. The van der Waals surface area contributed by atoms with Gasteiger partial charge in [-0.3, -0.25) is 9.10 Å². The molecule has 3 aromatic rings. The van der Waals surface area contributed by atoms with E-state index in [0.717, 1.165) is 9.87 Å². The van der Waals surface area contributed by atoms with Crippen molar-refractivity contribution in [2.24, 2.45) is 0 Å². The Morgan fingerprint density at radius 2 is 1.55 bits per heavy atom. The molecule has 1 amide bonds. The molecule has 0 aliphatic heterocycles. The number of carbonyl (C=O) groups is 1. The molecule has 0 radical (unpaired) electrons. The Hall–Kier alpha value is -2.54. The van der Waals surface area contributed by atoms with Crippen molar-refractivity contribution in [1.29, 1.82) is 0 Å². The van der Waals surface area contributed by atoms with Crippen molar-refractivity contribution in [3.8, 4) is 0 Å². The van der Waals surface area contributed by atoms with E-state index in [9.17, 15) is 13.2 Å². The number of carbonyl (C=O) groups excluding carboxylic acids is 1. The van der Waals surface area contributed by atoms with E-state index in [1.54, 1.807) is 60.7 Å². The minimum Gasteiger partial charge on any atom is -0.322 e. The van der Waals surface area contributed by atoms with Gasteiger partial charge in [0.15, 0.2) is 0 Å². The minimum atomic E-state index is -3.75. The number of amides is 1. The van der Waals surface area contributed by atoms with E-state index in [2.05, 4.69) is 5.32 Å². The van der Waals surface area contributed by atoms with Crippen molar-refractivity contribution in [3.05, 3.63) is 87.9 Å². The summed E-state index contributed by atoms with van der Waals surface area (Å²) in [7, 11) is -2.31. The van der Waals surface area contributed by atoms with Gasteiger partial charge < -0.3 is 5.32 Å². The number of hydrogen-bond acceptors (Lipinski definition) is 3. The first-order chi connectivity index (χ1) is 13.7. The molecule has 29 heavy (non-hydrogen) atoms. The third kappa shape index (κ3) is 4.90. The van der Waals surface area contributed by atoms with Crippen molar-refractivity contribution in [2.45, 2.75) is 11.8 Å². The quantitative estimate of drug-likeness (QED) is 0.569. The molecule has 3 rings (SSSR count). The van der Waals surface area contributed by atoms with Crippen LogP contribution in [0.15, 0.2) is 71.6 Å². The van der Waals surface area contributed by atoms with E-state index in [1.165, 1.54) is 13.1 Å². The summed E-state index contributed by atoms with van der Waals surface area (Å²) in [4.78, 5) is 12.8. The van der Waals surface area contributed by atoms with Crippen LogP contribution in [-0.2, 0) is 10.0 Å². The molecule has 0 saturated carbocycles. The zero-order chi connectivity index (χ0) is 21.2. The molecule has 8 heteroatoms. The Morgan fingerprint density at radius 3 is 2.17 bits per heavy atom. The highest BCUT2D eigenvalue weighted by atomic mass is 35.5. The summed E-state index contributed by atoms with van der Waals surface area (Å²) in [6, 6.07) is 17.6. The molecule has 0 aliphatic rings. The topological polar surface area (TPSA) is 66.5 Å². The zero-order valence-electron chi connectivity index (χ0n) is 15.7. The van der Waals surface area contributed by atoms with Crippen LogP contribution in [0, 0.1) is 6.92 Å². The monoisotopic (exact) mass is 448 g/mol. The number of sulfonamides is 1. The largest absolute Gasteiger partial charge is 0.322 e. The molecule has 150 valence electrons. The number of nitrogens with zero attached hydrogens (tertiary/aromatic N) is 1. The highest BCUT2D eigenvalue weighted by molar-refractivity contribution is 7.92. The molecule has 0 atom stereocenters. The smallest absolute Gasteiger partial charge is 0.264 e. The van der Waals surface area contributed by atoms with Crippen molar-refractivity contribution >= 4 is 50.5 Å². The summed E-state index contributed by atoms with van der Waals surface area (Å²) in [5, 5.41) is 3.49. The van der Waals surface area contributed by atoms with Crippen LogP contribution >= 0.6 is 23.2 Å². The van der Waals surface area contributed by atoms with Gasteiger partial charge in [0.2, 0.25) is 0 Å². The second-order valence-corrected chi connectivity index (χ2v) is 9.29. The van der Waals surface area contributed by atoms with E-state index in [0.29, 0.717) is 27.0 Å². The molecular formula is C21H18Cl2N2O3S. The van der Waals surface area contributed by atoms with Gasteiger partial charge in [-0.1, -0.05) is 47.0 Å². The lowest BCUT2D eigenvalue weighted by Gasteiger charge is -2.20. The van der Waals surface area contributed by atoms with Crippen LogP contribution in [0.5, 0.6) is 0 Å². The number of halogens is 2. The van der Waals surface area contributed by atoms with Gasteiger partial charge >= 0.3 is 0 Å². The maximum Gasteiger partial charge on any atom is 0.264 e. The van der Waals surface area contributed by atoms with Crippen LogP contribution in [0.2, 0.25) is 10.0 Å². The fourth-order valence-electron chi connectivity index (χ4n) is 2.68. The lowest BCUT2D eigenvalue weighted by Crippen LogP contribution is -2.26. The molecule has 0 saturated heterocycles. The average Bonchev–Trinajstić information content (AvgIpc) is 2.67. The number of hydrogen-bond donors (Lipinski definition) is 1. The summed E-state index contributed by atoms with van der Waals surface area (Å²) in [5.74, 6) is -0.411. The van der Waals surface area contributed by atoms with Crippen LogP contribution < -0.4 is 9.62 Å². The van der Waals surface area contributed by atoms with Crippen LogP contribution in [0.3, 0.4) is 0 Å². The number of rotatable bonds is 5. The Balaban J connectivity index is 1.86. The van der Waals surface area contributed by atoms with Crippen molar-refractivity contribution < 1.29 is 13.2 Å². The molecule has 0 bridgehead atoms. The van der Waals surface area contributed by atoms with Gasteiger partial charge in [-0.25, -0.2) is 8.42 Å². The fraction of sp³-hybridized carbons (Fsp3) is 0.0952. The normalized spacial score (nSPS) is 11.2. The molecule has 1 N–H and O–H groups in total. The lowest BCUT2D eigenvalue weighted by atomic mass is 10.2. The Labute approximate surface area is 179 Å². The predicted molar refractivity (Wildman–Crippen MR) is 118 cm³/mol. The summed E-state index contributed by atoms with van der Waals surface area (Å²) in [6.07, 6.45) is 0. The van der Waals surface area contributed by atoms with Crippen LogP contribution in [0.25, 0.3) is 0 Å². The molecule has 0 fully saturated rings. The molecule has 0 spiro atoms. The number of nitrogens with one attached hydrogen (secondary N) is 1. The van der Waals surface area contributed by atoms with Crippen molar-refractivity contribution in [2.75, 3.05) is 16.7 Å². The van der Waals surface area contributed by atoms with Crippen molar-refractivity contribution in [3.63, 3.8) is 0 Å². The molecule has 0 unspecified atom stereocenters. The third-order valence-corrected chi connectivity index (χ3v) is 6.51. The van der Waals surface area contributed by atoms with E-state index < -0.39 is 15.9 Å². The van der Waals surface area contributed by atoms with Crippen LogP contribution in [-0.4, -0.2) is 21.4 Å². The second kappa shape index (κ2) is 8.45. The SMILES string of the molecule is Cc1ccc(S(=O)(=O)N(C)c2cccc(C(=O)Nc3cc(Cl)cc(Cl)c3)c2)cc1. The minimum absolute atomic E-state index is 0.175. The summed E-state index contributed by atoms with van der Waals surface area (Å²) in [6.45, 7) is 1.88. The maximum absolute atomic E-state index is 12.9. The lowest BCUT2D eigenvalue weighted by molar-refractivity contribution is 0.102. The average molecular weight is 449 g/mol. The van der Waals surface area contributed by atoms with Gasteiger partial charge in [-0.2, -0.15) is 0 Å². The van der Waals surface area contributed by atoms with Crippen LogP contribution in [0.1, 0.15) is 15.9 Å². The summed E-state index contributed by atoms with van der Waals surface area (Å²) >= 11 is 11.9. The third-order valence-electron chi connectivity index (χ3n) is 4.27. The molecule has 5 nitrogen and oxygen atoms in total. The van der Waals surface area contributed by atoms with Gasteiger partial charge in [0, 0.05) is 28.3 Å². The molecular weight excluding hydrogens is 431 g/mol. The van der Waals surface area contributed by atoms with Crippen molar-refractivity contribution in [1.82, 2.24) is 0 Å². The first kappa shape index (κ1) is 21.2. The number of benzene rings is 3. The molecule has 0 heterocycles. The Morgan fingerprint density at radius 1 is 0.931 bits per heavy atom. The molecule has 0 aliphatic carbocycles. The predicted octanol–water partition coefficient (Wildman–Crippen LogP) is 5.38. The molecule has 0 aromatic heterocycles. The van der Waals surface area contributed by atoms with Gasteiger partial charge in [0.05, 0.1) is 10.6 Å². The maximum atomic E-state index is 12.9. The summed E-state index contributed by atoms with van der Waals surface area (Å²) < 4.78 is 26.9. The number of anilines is 2. The van der Waals surface area contributed by atoms with Gasteiger partial charge in [0.25, 0.3) is 15.9 Å². The first-order valence-corrected chi connectivity index (χ1v) is 10.8. The number of aryl methyl sites for hydroxylation is 1. The van der Waals surface area contributed by atoms with Gasteiger partial charge in [0.1, 0.15) is 0 Å². The second-order valence-electron chi connectivity index (χ2n) is 6.45. The first-order valence-electron chi connectivity index (χ1n) is 8.60. The van der Waals surface area contributed by atoms with E-state index in [4.69, 9.17) is 23.2 Å². The summed E-state index contributed by atoms with van der Waals surface area (Å²) in [5.41, 5.74) is 2.07. The van der Waals surface area contributed by atoms with E-state index in [1.807, 2.05) is 6.92 Å². The van der Waals surface area contributed by atoms with E-state index in [-0.39, 0.29) is 4.90 Å². The van der Waals surface area contributed by atoms with Gasteiger partial charge in [-0.15, -0.1) is 0 Å². The highest BCUT2D eigenvalue weighted by Gasteiger charge is 2.22. The Kier molecular flexibility index (Phi) is 6.17. The standard InChI is InChI=1S/C21H18Cl2N2O3S/c1-14-6-8-20(9-7-14)29(27,28)25(2)19-5-3-4-15(10-19)21(26)24-18-12-16(22)11-17(23)13-18/h3-13H,1-2H3,(H,24,26). The highest BCUT2D eigenvalue weighted by Crippen LogP contribution is 2.25.